The lowest BCUT2D eigenvalue weighted by Gasteiger charge is -2.45. The van der Waals surface area contributed by atoms with E-state index in [-0.39, 0.29) is 19.6 Å². The lowest BCUT2D eigenvalue weighted by atomic mass is 9.82. The molecule has 0 bridgehead atoms. The van der Waals surface area contributed by atoms with E-state index in [4.69, 9.17) is 9.47 Å². The number of ether oxygens (including phenoxy) is 2. The number of Topliss-reactive ketones (excluding diaryl/α,β-unsaturated/α-hetero) is 1. The van der Waals surface area contributed by atoms with Gasteiger partial charge in [-0.25, -0.2) is 9.59 Å². The average Bonchev–Trinajstić information content (AvgIpc) is 2.89. The maximum absolute atomic E-state index is 13.1. The third-order valence-electron chi connectivity index (χ3n) is 6.74. The maximum atomic E-state index is 13.1. The lowest BCUT2D eigenvalue weighted by molar-refractivity contribution is -0.179. The van der Waals surface area contributed by atoms with Crippen LogP contribution in [0.5, 0.6) is 0 Å². The van der Waals surface area contributed by atoms with Gasteiger partial charge in [-0.15, -0.1) is 0 Å². The Morgan fingerprint density at radius 1 is 0.892 bits per heavy atom. The lowest BCUT2D eigenvalue weighted by Crippen LogP contribution is -2.67. The molecule has 9 nitrogen and oxygen atoms in total. The zero-order valence-corrected chi connectivity index (χ0v) is 21.7. The molecule has 0 radical (unpaired) electrons. The highest BCUT2D eigenvalue weighted by atomic mass is 16.5. The van der Waals surface area contributed by atoms with Crippen LogP contribution in [-0.2, 0) is 41.5 Å². The number of hydrogen-bond acceptors (Lipinski definition) is 8. The summed E-state index contributed by atoms with van der Waals surface area (Å²) in [6.07, 6.45) is 9.93. The second-order valence-electron chi connectivity index (χ2n) is 9.81. The summed E-state index contributed by atoms with van der Waals surface area (Å²) in [6.45, 7) is 5.46. The van der Waals surface area contributed by atoms with Gasteiger partial charge in [-0.3, -0.25) is 19.6 Å². The molecule has 0 spiro atoms. The molecule has 1 aliphatic heterocycles. The fraction of sp³-hybridized carbons (Fsp3) is 0.500. The summed E-state index contributed by atoms with van der Waals surface area (Å²) in [4.78, 5) is 60.8. The largest absolute Gasteiger partial charge is 0.464 e. The summed E-state index contributed by atoms with van der Waals surface area (Å²) in [7, 11) is 0. The van der Waals surface area contributed by atoms with Gasteiger partial charge in [-0.2, -0.15) is 0 Å². The third-order valence-corrected chi connectivity index (χ3v) is 6.74. The predicted octanol–water partition coefficient (Wildman–Crippen LogP) is 3.10. The highest BCUT2D eigenvalue weighted by molar-refractivity contribution is 6.38. The topological polar surface area (TPSA) is 116 Å². The van der Waals surface area contributed by atoms with E-state index in [1.54, 1.807) is 38.6 Å². The molecule has 2 atom stereocenters. The van der Waals surface area contributed by atoms with Crippen LogP contribution in [0.1, 0.15) is 57.6 Å². The van der Waals surface area contributed by atoms with Gasteiger partial charge in [0.15, 0.2) is 0 Å². The normalized spacial score (nSPS) is 17.0. The van der Waals surface area contributed by atoms with Crippen LogP contribution in [0, 0.1) is 5.41 Å². The Bertz CT molecular complexity index is 1010. The molecule has 1 aliphatic rings. The molecule has 1 fully saturated rings. The highest BCUT2D eigenvalue weighted by Gasteiger charge is 2.53. The molecule has 198 valence electrons. The summed E-state index contributed by atoms with van der Waals surface area (Å²) in [5.41, 5.74) is 1.14. The van der Waals surface area contributed by atoms with Gasteiger partial charge >= 0.3 is 11.9 Å². The van der Waals surface area contributed by atoms with E-state index < -0.39 is 41.1 Å². The SMILES string of the molecule is CCC(C)(C)C(=O)C(=O)N1[C@@H](C(=O)OCCCc2cccnc2)C[C@H]1C(=O)OCCCc1cccnc1. The molecule has 3 heterocycles. The Morgan fingerprint density at radius 2 is 1.38 bits per heavy atom. The van der Waals surface area contributed by atoms with Gasteiger partial charge in [0.1, 0.15) is 12.1 Å². The molecule has 1 amide bonds. The first-order chi connectivity index (χ1) is 17.7. The quantitative estimate of drug-likeness (QED) is 0.230. The van der Waals surface area contributed by atoms with Gasteiger partial charge in [0.25, 0.3) is 5.91 Å². The number of amides is 1. The number of esters is 2. The molecule has 0 saturated carbocycles. The first-order valence-electron chi connectivity index (χ1n) is 12.7. The van der Waals surface area contributed by atoms with Crippen LogP contribution in [0.25, 0.3) is 0 Å². The second kappa shape index (κ2) is 13.1. The molecule has 2 aromatic rings. The Hall–Kier alpha value is -3.62. The van der Waals surface area contributed by atoms with Crippen molar-refractivity contribution in [1.82, 2.24) is 14.9 Å². The van der Waals surface area contributed by atoms with Crippen molar-refractivity contribution in [2.45, 2.75) is 71.4 Å². The van der Waals surface area contributed by atoms with E-state index >= 15 is 0 Å². The maximum Gasteiger partial charge on any atom is 0.328 e. The Labute approximate surface area is 217 Å². The molecule has 0 unspecified atom stereocenters. The molecule has 2 aromatic heterocycles. The number of aromatic nitrogens is 2. The van der Waals surface area contributed by atoms with Crippen LogP contribution < -0.4 is 0 Å². The first kappa shape index (κ1) is 28.0. The van der Waals surface area contributed by atoms with Gasteiger partial charge < -0.3 is 14.4 Å². The number of aryl methyl sites for hydroxylation is 2. The van der Waals surface area contributed by atoms with Crippen molar-refractivity contribution in [2.24, 2.45) is 5.41 Å². The minimum atomic E-state index is -0.990. The molecule has 1 saturated heterocycles. The van der Waals surface area contributed by atoms with Gasteiger partial charge in [-0.05, 0) is 55.4 Å². The standard InChI is InChI=1S/C28H35N3O6/c1-4-28(2,3)24(32)25(33)31-22(26(34)36-15-7-11-20-9-5-13-29-18-20)17-23(31)27(35)37-16-8-12-21-10-6-14-30-19-21/h5-6,9-10,13-14,18-19,22-23H,4,7-8,11-12,15-17H2,1-3H3/t22-,23+. The summed E-state index contributed by atoms with van der Waals surface area (Å²) >= 11 is 0. The molecule has 3 rings (SSSR count). The van der Waals surface area contributed by atoms with Crippen LogP contribution in [0.2, 0.25) is 0 Å². The van der Waals surface area contributed by atoms with Gasteiger partial charge in [0.05, 0.1) is 13.2 Å². The summed E-state index contributed by atoms with van der Waals surface area (Å²) in [5.74, 6) is -2.74. The number of hydrogen-bond donors (Lipinski definition) is 0. The van der Waals surface area contributed by atoms with Crippen LogP contribution >= 0.6 is 0 Å². The predicted molar refractivity (Wildman–Crippen MR) is 135 cm³/mol. The molecule has 0 aromatic carbocycles. The van der Waals surface area contributed by atoms with Crippen molar-refractivity contribution in [2.75, 3.05) is 13.2 Å². The van der Waals surface area contributed by atoms with Crippen molar-refractivity contribution in [3.8, 4) is 0 Å². The number of likely N-dealkylation sites (tertiary alicyclic amines) is 1. The average molecular weight is 510 g/mol. The summed E-state index contributed by atoms with van der Waals surface area (Å²) < 4.78 is 10.8. The molecular formula is C28H35N3O6. The Morgan fingerprint density at radius 3 is 1.78 bits per heavy atom. The molecule has 37 heavy (non-hydrogen) atoms. The third kappa shape index (κ3) is 7.44. The second-order valence-corrected chi connectivity index (χ2v) is 9.81. The number of pyridine rings is 2. The minimum absolute atomic E-state index is 0.0639. The fourth-order valence-electron chi connectivity index (χ4n) is 3.97. The summed E-state index contributed by atoms with van der Waals surface area (Å²) in [5, 5.41) is 0. The van der Waals surface area contributed by atoms with Crippen molar-refractivity contribution >= 4 is 23.6 Å². The van der Waals surface area contributed by atoms with E-state index in [0.717, 1.165) is 16.0 Å². The fourth-order valence-corrected chi connectivity index (χ4v) is 3.97. The van der Waals surface area contributed by atoms with Crippen LogP contribution in [0.15, 0.2) is 49.1 Å². The van der Waals surface area contributed by atoms with Gasteiger partial charge in [0, 0.05) is 36.6 Å². The Kier molecular flexibility index (Phi) is 9.88. The van der Waals surface area contributed by atoms with Crippen molar-refractivity contribution in [1.29, 1.82) is 0 Å². The Balaban J connectivity index is 1.56. The number of nitrogens with zero attached hydrogens (tertiary/aromatic N) is 3. The van der Waals surface area contributed by atoms with E-state index in [9.17, 15) is 19.2 Å². The van der Waals surface area contributed by atoms with Crippen LogP contribution in [-0.4, -0.2) is 63.8 Å². The minimum Gasteiger partial charge on any atom is -0.464 e. The van der Waals surface area contributed by atoms with E-state index in [1.165, 1.54) is 0 Å². The van der Waals surface area contributed by atoms with Gasteiger partial charge in [-0.1, -0.05) is 32.9 Å². The van der Waals surface area contributed by atoms with Crippen LogP contribution in [0.4, 0.5) is 0 Å². The molecular weight excluding hydrogens is 474 g/mol. The van der Waals surface area contributed by atoms with E-state index in [0.29, 0.717) is 32.1 Å². The van der Waals surface area contributed by atoms with Crippen molar-refractivity contribution in [3.05, 3.63) is 60.2 Å². The number of carbonyl (C=O) groups is 4. The van der Waals surface area contributed by atoms with Crippen molar-refractivity contribution < 1.29 is 28.7 Å². The van der Waals surface area contributed by atoms with E-state index in [2.05, 4.69) is 9.97 Å². The highest BCUT2D eigenvalue weighted by Crippen LogP contribution is 2.32. The van der Waals surface area contributed by atoms with Crippen LogP contribution in [0.3, 0.4) is 0 Å². The monoisotopic (exact) mass is 509 g/mol. The smallest absolute Gasteiger partial charge is 0.328 e. The zero-order valence-electron chi connectivity index (χ0n) is 21.7. The number of ketones is 1. The molecule has 0 N–H and O–H groups in total. The van der Waals surface area contributed by atoms with E-state index in [1.807, 2.05) is 31.2 Å². The summed E-state index contributed by atoms with van der Waals surface area (Å²) in [6, 6.07) is 5.58. The number of carbonyl (C=O) groups excluding carboxylic acids is 4. The van der Waals surface area contributed by atoms with Crippen molar-refractivity contribution in [3.63, 3.8) is 0 Å². The van der Waals surface area contributed by atoms with Gasteiger partial charge in [0.2, 0.25) is 5.78 Å². The zero-order chi connectivity index (χ0) is 26.8. The first-order valence-corrected chi connectivity index (χ1v) is 12.7. The number of rotatable bonds is 13. The molecule has 9 heteroatoms. The molecule has 0 aliphatic carbocycles.